The lowest BCUT2D eigenvalue weighted by atomic mass is 10.2. The molecule has 1 aromatic carbocycles. The topological polar surface area (TPSA) is 71.8 Å². The lowest BCUT2D eigenvalue weighted by molar-refractivity contribution is -0.383. The van der Waals surface area contributed by atoms with Crippen LogP contribution in [0.2, 0.25) is 0 Å². The molecule has 0 unspecified atom stereocenters. The lowest BCUT2D eigenvalue weighted by Gasteiger charge is -1.95. The van der Waals surface area contributed by atoms with Crippen LogP contribution in [0.3, 0.4) is 0 Å². The van der Waals surface area contributed by atoms with Crippen molar-refractivity contribution in [3.05, 3.63) is 32.4 Å². The van der Waals surface area contributed by atoms with Crippen LogP contribution < -0.4 is 0 Å². The fourth-order valence-electron chi connectivity index (χ4n) is 1.39. The summed E-state index contributed by atoms with van der Waals surface area (Å²) in [5.41, 5.74) is 1.38. The van der Waals surface area contributed by atoms with Crippen LogP contribution in [0, 0.1) is 17.0 Å². The Balaban J connectivity index is 2.90. The van der Waals surface area contributed by atoms with Crippen LogP contribution in [0.5, 0.6) is 0 Å². The van der Waals surface area contributed by atoms with Crippen LogP contribution in [-0.2, 0) is 0 Å². The number of nitrogens with one attached hydrogen (secondary N) is 1. The van der Waals surface area contributed by atoms with Gasteiger partial charge in [-0.1, -0.05) is 15.9 Å². The predicted octanol–water partition coefficient (Wildman–Crippen LogP) is 2.54. The van der Waals surface area contributed by atoms with Gasteiger partial charge in [0.15, 0.2) is 0 Å². The van der Waals surface area contributed by atoms with Crippen molar-refractivity contribution in [2.75, 3.05) is 0 Å². The summed E-state index contributed by atoms with van der Waals surface area (Å²) in [6.45, 7) is 1.76. The molecule has 0 fully saturated rings. The molecule has 14 heavy (non-hydrogen) atoms. The molecule has 0 aliphatic rings. The van der Waals surface area contributed by atoms with E-state index in [0.717, 1.165) is 0 Å². The number of nitro groups is 1. The molecular weight excluding hydrogens is 250 g/mol. The zero-order chi connectivity index (χ0) is 10.3. The molecule has 1 aromatic heterocycles. The molecule has 1 heterocycles. The summed E-state index contributed by atoms with van der Waals surface area (Å²) in [7, 11) is 0. The molecular formula is C8H6BrN3O2. The molecule has 0 spiro atoms. The Labute approximate surface area is 87.4 Å². The Bertz CT molecular complexity index is 521. The Hall–Kier alpha value is -1.43. The van der Waals surface area contributed by atoms with E-state index in [9.17, 15) is 10.1 Å². The van der Waals surface area contributed by atoms with E-state index in [-0.39, 0.29) is 5.69 Å². The summed E-state index contributed by atoms with van der Waals surface area (Å²) >= 11 is 3.20. The molecule has 5 nitrogen and oxygen atoms in total. The Kier molecular flexibility index (Phi) is 1.99. The zero-order valence-electron chi connectivity index (χ0n) is 7.24. The van der Waals surface area contributed by atoms with Gasteiger partial charge in [-0.3, -0.25) is 15.2 Å². The van der Waals surface area contributed by atoms with Gasteiger partial charge in [0.1, 0.15) is 10.9 Å². The molecule has 6 heteroatoms. The largest absolute Gasteiger partial charge is 0.281 e. The van der Waals surface area contributed by atoms with Gasteiger partial charge in [0.25, 0.3) is 5.69 Å². The molecule has 0 bridgehead atoms. The maximum atomic E-state index is 10.8. The second-order valence-corrected chi connectivity index (χ2v) is 3.84. The van der Waals surface area contributed by atoms with Gasteiger partial charge in [0.05, 0.1) is 4.92 Å². The molecule has 2 aromatic rings. The maximum Gasteiger partial charge on any atom is 0.281 e. The Morgan fingerprint density at radius 3 is 2.93 bits per heavy atom. The van der Waals surface area contributed by atoms with E-state index in [0.29, 0.717) is 21.1 Å². The molecule has 0 aliphatic carbocycles. The first-order valence-corrected chi connectivity index (χ1v) is 4.67. The van der Waals surface area contributed by atoms with E-state index in [1.54, 1.807) is 13.0 Å². The SMILES string of the molecule is Cc1[nH]nc2cc(Br)cc([N+](=O)[O-])c12. The van der Waals surface area contributed by atoms with E-state index in [4.69, 9.17) is 0 Å². The molecule has 2 rings (SSSR count). The van der Waals surface area contributed by atoms with Crippen molar-refractivity contribution in [1.82, 2.24) is 10.2 Å². The summed E-state index contributed by atoms with van der Waals surface area (Å²) in [6, 6.07) is 3.22. The van der Waals surface area contributed by atoms with Crippen LogP contribution in [0.4, 0.5) is 5.69 Å². The molecule has 1 N–H and O–H groups in total. The number of aromatic amines is 1. The Morgan fingerprint density at radius 2 is 2.29 bits per heavy atom. The highest BCUT2D eigenvalue weighted by atomic mass is 79.9. The predicted molar refractivity (Wildman–Crippen MR) is 55.2 cm³/mol. The molecule has 0 radical (unpaired) electrons. The number of benzene rings is 1. The van der Waals surface area contributed by atoms with Gasteiger partial charge < -0.3 is 0 Å². The van der Waals surface area contributed by atoms with Crippen molar-refractivity contribution in [3.63, 3.8) is 0 Å². The number of non-ortho nitro benzene ring substituents is 1. The first-order chi connectivity index (χ1) is 6.59. The van der Waals surface area contributed by atoms with Gasteiger partial charge in [-0.25, -0.2) is 0 Å². The maximum absolute atomic E-state index is 10.8. The molecule has 0 saturated carbocycles. The molecule has 72 valence electrons. The zero-order valence-corrected chi connectivity index (χ0v) is 8.83. The van der Waals surface area contributed by atoms with Gasteiger partial charge in [-0.2, -0.15) is 5.10 Å². The average molecular weight is 256 g/mol. The molecule has 0 atom stereocenters. The summed E-state index contributed by atoms with van der Waals surface area (Å²) < 4.78 is 0.656. The number of hydrogen-bond acceptors (Lipinski definition) is 3. The molecule has 0 aliphatic heterocycles. The first kappa shape index (κ1) is 9.14. The van der Waals surface area contributed by atoms with Gasteiger partial charge in [0, 0.05) is 16.2 Å². The smallest absolute Gasteiger partial charge is 0.281 e. The van der Waals surface area contributed by atoms with Crippen molar-refractivity contribution < 1.29 is 4.92 Å². The number of aromatic nitrogens is 2. The minimum Gasteiger partial charge on any atom is -0.281 e. The number of nitrogens with zero attached hydrogens (tertiary/aromatic N) is 2. The third-order valence-corrected chi connectivity index (χ3v) is 2.44. The third kappa shape index (κ3) is 1.27. The number of aryl methyl sites for hydroxylation is 1. The normalized spacial score (nSPS) is 10.7. The van der Waals surface area contributed by atoms with E-state index < -0.39 is 4.92 Å². The summed E-state index contributed by atoms with van der Waals surface area (Å²) in [5.74, 6) is 0. The number of halogens is 1. The second-order valence-electron chi connectivity index (χ2n) is 2.92. The standard InChI is InChI=1S/C8H6BrN3O2/c1-4-8-6(11-10-4)2-5(9)3-7(8)12(13)14/h2-3H,1H3,(H,10,11). The fraction of sp³-hybridized carbons (Fsp3) is 0.125. The number of hydrogen-bond donors (Lipinski definition) is 1. The van der Waals surface area contributed by atoms with Crippen molar-refractivity contribution in [2.24, 2.45) is 0 Å². The Morgan fingerprint density at radius 1 is 1.57 bits per heavy atom. The lowest BCUT2D eigenvalue weighted by Crippen LogP contribution is -1.89. The summed E-state index contributed by atoms with van der Waals surface area (Å²) in [5, 5.41) is 18.0. The van der Waals surface area contributed by atoms with Crippen LogP contribution in [0.1, 0.15) is 5.69 Å². The van der Waals surface area contributed by atoms with Crippen LogP contribution in [0.15, 0.2) is 16.6 Å². The summed E-state index contributed by atoms with van der Waals surface area (Å²) in [6.07, 6.45) is 0. The minimum atomic E-state index is -0.407. The van der Waals surface area contributed by atoms with Gasteiger partial charge in [-0.15, -0.1) is 0 Å². The highest BCUT2D eigenvalue weighted by Crippen LogP contribution is 2.30. The number of H-pyrrole nitrogens is 1. The number of fused-ring (bicyclic) bond motifs is 1. The van der Waals surface area contributed by atoms with Crippen LogP contribution in [0.25, 0.3) is 10.9 Å². The quantitative estimate of drug-likeness (QED) is 0.629. The monoisotopic (exact) mass is 255 g/mol. The summed E-state index contributed by atoms with van der Waals surface area (Å²) in [4.78, 5) is 10.4. The fourth-order valence-corrected chi connectivity index (χ4v) is 1.83. The van der Waals surface area contributed by atoms with E-state index in [2.05, 4.69) is 26.1 Å². The van der Waals surface area contributed by atoms with Crippen LogP contribution in [-0.4, -0.2) is 15.1 Å². The van der Waals surface area contributed by atoms with Gasteiger partial charge in [-0.05, 0) is 13.0 Å². The minimum absolute atomic E-state index is 0.0700. The highest BCUT2D eigenvalue weighted by Gasteiger charge is 2.17. The molecule has 0 saturated heterocycles. The van der Waals surface area contributed by atoms with Crippen molar-refractivity contribution in [3.8, 4) is 0 Å². The highest BCUT2D eigenvalue weighted by molar-refractivity contribution is 9.10. The van der Waals surface area contributed by atoms with Crippen molar-refractivity contribution in [1.29, 1.82) is 0 Å². The van der Waals surface area contributed by atoms with Crippen molar-refractivity contribution in [2.45, 2.75) is 6.92 Å². The van der Waals surface area contributed by atoms with Crippen molar-refractivity contribution >= 4 is 32.5 Å². The average Bonchev–Trinajstić information content (AvgIpc) is 2.46. The van der Waals surface area contributed by atoms with E-state index in [1.807, 2.05) is 0 Å². The first-order valence-electron chi connectivity index (χ1n) is 3.88. The molecule has 0 amide bonds. The van der Waals surface area contributed by atoms with E-state index >= 15 is 0 Å². The number of rotatable bonds is 1. The van der Waals surface area contributed by atoms with E-state index in [1.165, 1.54) is 6.07 Å². The van der Waals surface area contributed by atoms with Crippen LogP contribution >= 0.6 is 15.9 Å². The van der Waals surface area contributed by atoms with Gasteiger partial charge in [0.2, 0.25) is 0 Å². The second kappa shape index (κ2) is 3.06. The van der Waals surface area contributed by atoms with Gasteiger partial charge >= 0.3 is 0 Å². The third-order valence-electron chi connectivity index (χ3n) is 1.98. The number of nitro benzene ring substituents is 1.